The molecular weight excluding hydrogens is 364 g/mol. The van der Waals surface area contributed by atoms with Gasteiger partial charge in [-0.3, -0.25) is 4.79 Å². The molecule has 2 aromatic rings. The zero-order chi connectivity index (χ0) is 19.4. The van der Waals surface area contributed by atoms with Gasteiger partial charge in [-0.2, -0.15) is 4.31 Å². The molecule has 1 N–H and O–H groups in total. The molecule has 1 saturated heterocycles. The van der Waals surface area contributed by atoms with E-state index in [1.165, 1.54) is 16.4 Å². The van der Waals surface area contributed by atoms with Crippen molar-refractivity contribution in [1.82, 2.24) is 4.31 Å². The van der Waals surface area contributed by atoms with Crippen LogP contribution in [0, 0.1) is 13.8 Å². The van der Waals surface area contributed by atoms with Crippen molar-refractivity contribution in [3.63, 3.8) is 0 Å². The van der Waals surface area contributed by atoms with Crippen molar-refractivity contribution in [3.05, 3.63) is 53.6 Å². The first kappa shape index (κ1) is 19.4. The molecular formula is C20H24N2O4S. The van der Waals surface area contributed by atoms with Crippen molar-refractivity contribution in [3.8, 4) is 5.75 Å². The van der Waals surface area contributed by atoms with Crippen LogP contribution in [0.4, 0.5) is 5.69 Å². The number of nitrogens with zero attached hydrogens (tertiary/aromatic N) is 1. The molecule has 0 unspecified atom stereocenters. The highest BCUT2D eigenvalue weighted by atomic mass is 32.2. The van der Waals surface area contributed by atoms with Crippen molar-refractivity contribution < 1.29 is 17.9 Å². The van der Waals surface area contributed by atoms with Crippen LogP contribution in [-0.2, 0) is 14.8 Å². The molecule has 1 amide bonds. The van der Waals surface area contributed by atoms with E-state index in [9.17, 15) is 13.2 Å². The van der Waals surface area contributed by atoms with Crippen LogP contribution in [-0.4, -0.2) is 38.3 Å². The molecule has 144 valence electrons. The lowest BCUT2D eigenvalue weighted by Crippen LogP contribution is -2.27. The second-order valence-corrected chi connectivity index (χ2v) is 8.66. The minimum atomic E-state index is -3.44. The summed E-state index contributed by atoms with van der Waals surface area (Å²) in [5.74, 6) is 0.178. The number of sulfonamides is 1. The molecule has 27 heavy (non-hydrogen) atoms. The molecule has 1 aliphatic heterocycles. The summed E-state index contributed by atoms with van der Waals surface area (Å²) in [6, 6.07) is 11.9. The first-order valence-electron chi connectivity index (χ1n) is 8.96. The van der Waals surface area contributed by atoms with E-state index in [0.29, 0.717) is 18.8 Å². The number of nitrogens with one attached hydrogen (secondary N) is 1. The lowest BCUT2D eigenvalue weighted by atomic mass is 10.1. The predicted molar refractivity (Wildman–Crippen MR) is 104 cm³/mol. The van der Waals surface area contributed by atoms with Crippen LogP contribution in [0.3, 0.4) is 0 Å². The van der Waals surface area contributed by atoms with Gasteiger partial charge in [-0.05, 0) is 74.2 Å². The first-order valence-corrected chi connectivity index (χ1v) is 10.4. The molecule has 0 aromatic heterocycles. The molecule has 0 bridgehead atoms. The van der Waals surface area contributed by atoms with E-state index in [1.54, 1.807) is 12.1 Å². The molecule has 1 fully saturated rings. The largest absolute Gasteiger partial charge is 0.484 e. The van der Waals surface area contributed by atoms with E-state index in [0.717, 1.165) is 29.7 Å². The van der Waals surface area contributed by atoms with Gasteiger partial charge in [0.1, 0.15) is 5.75 Å². The van der Waals surface area contributed by atoms with E-state index in [2.05, 4.69) is 5.32 Å². The Hall–Kier alpha value is -2.38. The van der Waals surface area contributed by atoms with Gasteiger partial charge in [0.15, 0.2) is 6.61 Å². The second-order valence-electron chi connectivity index (χ2n) is 6.72. The minimum Gasteiger partial charge on any atom is -0.484 e. The van der Waals surface area contributed by atoms with Gasteiger partial charge in [0.25, 0.3) is 5.91 Å². The van der Waals surface area contributed by atoms with Gasteiger partial charge >= 0.3 is 0 Å². The number of rotatable bonds is 6. The third-order valence-electron chi connectivity index (χ3n) is 4.69. The zero-order valence-corrected chi connectivity index (χ0v) is 16.4. The van der Waals surface area contributed by atoms with Gasteiger partial charge in [0.2, 0.25) is 10.0 Å². The van der Waals surface area contributed by atoms with Crippen LogP contribution in [0.15, 0.2) is 47.4 Å². The van der Waals surface area contributed by atoms with Crippen LogP contribution in [0.5, 0.6) is 5.75 Å². The van der Waals surface area contributed by atoms with Crippen molar-refractivity contribution in [2.75, 3.05) is 25.0 Å². The molecule has 7 heteroatoms. The Labute approximate surface area is 160 Å². The molecule has 0 aliphatic carbocycles. The standard InChI is InChI=1S/C20H24N2O4S/c1-15-5-6-17(13-16(15)2)21-20(23)14-26-18-7-9-19(10-8-18)27(24,25)22-11-3-4-12-22/h5-10,13H,3-4,11-12,14H2,1-2H3,(H,21,23). The van der Waals surface area contributed by atoms with E-state index < -0.39 is 10.0 Å². The molecule has 0 atom stereocenters. The average Bonchev–Trinajstić information content (AvgIpc) is 3.19. The lowest BCUT2D eigenvalue weighted by molar-refractivity contribution is -0.118. The number of ether oxygens (including phenoxy) is 1. The fourth-order valence-electron chi connectivity index (χ4n) is 2.95. The normalized spacial score (nSPS) is 14.9. The molecule has 6 nitrogen and oxygen atoms in total. The quantitative estimate of drug-likeness (QED) is 0.825. The van der Waals surface area contributed by atoms with Gasteiger partial charge < -0.3 is 10.1 Å². The monoisotopic (exact) mass is 388 g/mol. The number of hydrogen-bond acceptors (Lipinski definition) is 4. The van der Waals surface area contributed by atoms with Crippen LogP contribution in [0.2, 0.25) is 0 Å². The Kier molecular flexibility index (Phi) is 5.82. The Bertz CT molecular complexity index is 917. The van der Waals surface area contributed by atoms with Crippen molar-refractivity contribution in [2.24, 2.45) is 0 Å². The van der Waals surface area contributed by atoms with Crippen LogP contribution in [0.25, 0.3) is 0 Å². The number of aryl methyl sites for hydroxylation is 2. The summed E-state index contributed by atoms with van der Waals surface area (Å²) in [6.07, 6.45) is 1.80. The third kappa shape index (κ3) is 4.67. The van der Waals surface area contributed by atoms with E-state index in [4.69, 9.17) is 4.74 Å². The van der Waals surface area contributed by atoms with Gasteiger partial charge in [0.05, 0.1) is 4.90 Å². The lowest BCUT2D eigenvalue weighted by Gasteiger charge is -2.15. The first-order chi connectivity index (χ1) is 12.9. The van der Waals surface area contributed by atoms with E-state index in [1.807, 2.05) is 32.0 Å². The summed E-state index contributed by atoms with van der Waals surface area (Å²) in [5, 5.41) is 2.79. The molecule has 3 rings (SSSR count). The van der Waals surface area contributed by atoms with E-state index >= 15 is 0 Å². The van der Waals surface area contributed by atoms with Crippen LogP contribution < -0.4 is 10.1 Å². The van der Waals surface area contributed by atoms with Crippen LogP contribution in [0.1, 0.15) is 24.0 Å². The number of carbonyl (C=O) groups excluding carboxylic acids is 1. The Morgan fingerprint density at radius 2 is 1.70 bits per heavy atom. The SMILES string of the molecule is Cc1ccc(NC(=O)COc2ccc(S(=O)(=O)N3CCCC3)cc2)cc1C. The molecule has 1 heterocycles. The summed E-state index contributed by atoms with van der Waals surface area (Å²) in [4.78, 5) is 12.3. The second kappa shape index (κ2) is 8.10. The highest BCUT2D eigenvalue weighted by Gasteiger charge is 2.26. The van der Waals surface area contributed by atoms with Crippen molar-refractivity contribution >= 4 is 21.6 Å². The number of amides is 1. The highest BCUT2D eigenvalue weighted by molar-refractivity contribution is 7.89. The number of anilines is 1. The maximum Gasteiger partial charge on any atom is 0.262 e. The maximum atomic E-state index is 12.5. The minimum absolute atomic E-state index is 0.148. The summed E-state index contributed by atoms with van der Waals surface area (Å²) in [6.45, 7) is 4.99. The van der Waals surface area contributed by atoms with Crippen molar-refractivity contribution in [2.45, 2.75) is 31.6 Å². The summed E-state index contributed by atoms with van der Waals surface area (Å²) in [5.41, 5.74) is 2.98. The number of carbonyl (C=O) groups is 1. The summed E-state index contributed by atoms with van der Waals surface area (Å²) >= 11 is 0. The number of hydrogen-bond donors (Lipinski definition) is 1. The average molecular weight is 388 g/mol. The van der Waals surface area contributed by atoms with Crippen molar-refractivity contribution in [1.29, 1.82) is 0 Å². The Balaban J connectivity index is 1.56. The Morgan fingerprint density at radius 3 is 2.33 bits per heavy atom. The molecule has 2 aromatic carbocycles. The third-order valence-corrected chi connectivity index (χ3v) is 6.60. The fourth-order valence-corrected chi connectivity index (χ4v) is 4.47. The van der Waals surface area contributed by atoms with Gasteiger partial charge in [-0.15, -0.1) is 0 Å². The molecule has 0 saturated carbocycles. The Morgan fingerprint density at radius 1 is 1.04 bits per heavy atom. The highest BCUT2D eigenvalue weighted by Crippen LogP contribution is 2.23. The van der Waals surface area contributed by atoms with E-state index in [-0.39, 0.29) is 17.4 Å². The molecule has 0 radical (unpaired) electrons. The van der Waals surface area contributed by atoms with Gasteiger partial charge in [-0.25, -0.2) is 8.42 Å². The van der Waals surface area contributed by atoms with Gasteiger partial charge in [0, 0.05) is 18.8 Å². The molecule has 1 aliphatic rings. The fraction of sp³-hybridized carbons (Fsp3) is 0.350. The van der Waals surface area contributed by atoms with Crippen LogP contribution >= 0.6 is 0 Å². The van der Waals surface area contributed by atoms with Gasteiger partial charge in [-0.1, -0.05) is 6.07 Å². The topological polar surface area (TPSA) is 75.7 Å². The predicted octanol–water partition coefficient (Wildman–Crippen LogP) is 3.11. The number of benzene rings is 2. The summed E-state index contributed by atoms with van der Waals surface area (Å²) < 4.78 is 31.9. The maximum absolute atomic E-state index is 12.5. The molecule has 0 spiro atoms. The zero-order valence-electron chi connectivity index (χ0n) is 15.6. The smallest absolute Gasteiger partial charge is 0.262 e. The summed E-state index contributed by atoms with van der Waals surface area (Å²) in [7, 11) is -3.44.